The van der Waals surface area contributed by atoms with E-state index in [2.05, 4.69) is 13.8 Å². The number of hydrogen-bond acceptors (Lipinski definition) is 10. The molecule has 3 aliphatic carbocycles. The zero-order valence-electron chi connectivity index (χ0n) is 22.4. The fourth-order valence-electron chi connectivity index (χ4n) is 7.74. The molecule has 2 saturated carbocycles. The number of hydrogen-bond donors (Lipinski definition) is 0. The van der Waals surface area contributed by atoms with Gasteiger partial charge in [0, 0.05) is 43.1 Å². The van der Waals surface area contributed by atoms with Crippen LogP contribution in [0.4, 0.5) is 0 Å². The second-order valence-electron chi connectivity index (χ2n) is 11.7. The predicted molar refractivity (Wildman–Crippen MR) is 125 cm³/mol. The van der Waals surface area contributed by atoms with Gasteiger partial charge in [0.15, 0.2) is 5.60 Å². The van der Waals surface area contributed by atoms with Crippen LogP contribution in [-0.4, -0.2) is 60.4 Å². The third-order valence-electron chi connectivity index (χ3n) is 9.44. The van der Waals surface area contributed by atoms with E-state index in [9.17, 15) is 19.2 Å². The molecule has 1 spiro atoms. The van der Waals surface area contributed by atoms with Gasteiger partial charge in [-0.3, -0.25) is 19.1 Å². The molecule has 10 atom stereocenters. The number of esters is 4. The number of ether oxygens (including phenoxy) is 6. The normalized spacial score (nSPS) is 44.2. The van der Waals surface area contributed by atoms with Crippen molar-refractivity contribution in [2.75, 3.05) is 0 Å². The molecule has 0 aromatic heterocycles. The maximum atomic E-state index is 13.2. The van der Waals surface area contributed by atoms with E-state index in [1.165, 1.54) is 13.8 Å². The predicted octanol–water partition coefficient (Wildman–Crippen LogP) is 2.81. The minimum atomic E-state index is -1.19. The molecule has 0 N–H and O–H groups in total. The van der Waals surface area contributed by atoms with Crippen LogP contribution in [0.2, 0.25) is 0 Å². The molecule has 10 nitrogen and oxygen atoms in total. The van der Waals surface area contributed by atoms with Crippen molar-refractivity contribution in [3.63, 3.8) is 0 Å². The third kappa shape index (κ3) is 3.66. The van der Waals surface area contributed by atoms with E-state index >= 15 is 0 Å². The van der Waals surface area contributed by atoms with Gasteiger partial charge in [0.1, 0.15) is 12.2 Å². The van der Waals surface area contributed by atoms with Crippen LogP contribution < -0.4 is 0 Å². The summed E-state index contributed by atoms with van der Waals surface area (Å²) in [5, 5.41) is 0. The van der Waals surface area contributed by atoms with E-state index in [1.807, 2.05) is 6.08 Å². The molecule has 10 heteroatoms. The minimum absolute atomic E-state index is 0.0358. The SMILES string of the molecule is CCC(=O)O[C@H]1[C@@H]2[C@@H](OC(=O)C3(C)OC3C)C=C3[C@H](OC(C)=O)O[C@@H](OC(C)=O)[C@H]4CC[C@H](C2(C)C)[C@@]341. The maximum Gasteiger partial charge on any atom is 0.341 e. The molecule has 37 heavy (non-hydrogen) atoms. The standard InChI is InChI=1S/C27H36O10/c1-8-19(30)35-21-20-17(34-24(31)26(7)12(2)37-26)11-16-23(33-14(4)29)36-22(32-13(3)28)15-9-10-18(25(20,5)6)27(15,16)21/h11-12,15,17-18,20-23H,8-10H2,1-7H3/t12?,15-,17+,18-,20+,21+,22-,23-,26?,27+/m1/s1. The van der Waals surface area contributed by atoms with Crippen molar-refractivity contribution in [1.29, 1.82) is 0 Å². The summed E-state index contributed by atoms with van der Waals surface area (Å²) in [4.78, 5) is 50.1. The Balaban J connectivity index is 1.67. The Labute approximate surface area is 216 Å². The Morgan fingerprint density at radius 3 is 2.22 bits per heavy atom. The van der Waals surface area contributed by atoms with Crippen LogP contribution in [0.15, 0.2) is 11.6 Å². The molecule has 4 fully saturated rings. The summed E-state index contributed by atoms with van der Waals surface area (Å²) in [6, 6.07) is 0. The molecule has 2 unspecified atom stereocenters. The van der Waals surface area contributed by atoms with E-state index in [0.717, 1.165) is 6.42 Å². The van der Waals surface area contributed by atoms with E-state index in [4.69, 9.17) is 28.4 Å². The summed E-state index contributed by atoms with van der Waals surface area (Å²) in [5.74, 6) is -2.74. The molecule has 204 valence electrons. The molecule has 2 saturated heterocycles. The van der Waals surface area contributed by atoms with Crippen LogP contribution in [0.25, 0.3) is 0 Å². The van der Waals surface area contributed by atoms with Crippen LogP contribution in [0.3, 0.4) is 0 Å². The van der Waals surface area contributed by atoms with Gasteiger partial charge in [-0.05, 0) is 44.1 Å². The van der Waals surface area contributed by atoms with E-state index in [0.29, 0.717) is 12.0 Å². The maximum absolute atomic E-state index is 13.2. The lowest BCUT2D eigenvalue weighted by atomic mass is 9.61. The molecule has 5 rings (SSSR count). The van der Waals surface area contributed by atoms with Gasteiger partial charge in [-0.15, -0.1) is 0 Å². The van der Waals surface area contributed by atoms with E-state index in [1.54, 1.807) is 20.8 Å². The number of epoxide rings is 1. The zero-order chi connectivity index (χ0) is 27.1. The average molecular weight is 521 g/mol. The van der Waals surface area contributed by atoms with Crippen molar-refractivity contribution in [1.82, 2.24) is 0 Å². The van der Waals surface area contributed by atoms with Gasteiger partial charge in [0.2, 0.25) is 12.6 Å². The topological polar surface area (TPSA) is 127 Å². The lowest BCUT2D eigenvalue weighted by Gasteiger charge is -2.53. The summed E-state index contributed by atoms with van der Waals surface area (Å²) in [7, 11) is 0. The second-order valence-corrected chi connectivity index (χ2v) is 11.7. The highest BCUT2D eigenvalue weighted by molar-refractivity contribution is 5.83. The molecule has 2 bridgehead atoms. The lowest BCUT2D eigenvalue weighted by Crippen LogP contribution is -2.60. The first-order chi connectivity index (χ1) is 17.3. The monoisotopic (exact) mass is 520 g/mol. The first kappa shape index (κ1) is 26.2. The fraction of sp³-hybridized carbons (Fsp3) is 0.778. The number of carbonyl (C=O) groups excluding carboxylic acids is 4. The van der Waals surface area contributed by atoms with Crippen molar-refractivity contribution in [2.45, 2.75) is 104 Å². The largest absolute Gasteiger partial charge is 0.461 e. The quantitative estimate of drug-likeness (QED) is 0.223. The molecular formula is C27H36O10. The van der Waals surface area contributed by atoms with Crippen molar-refractivity contribution in [2.24, 2.45) is 28.6 Å². The lowest BCUT2D eigenvalue weighted by molar-refractivity contribution is -0.283. The number of carbonyl (C=O) groups is 4. The van der Waals surface area contributed by atoms with E-state index in [-0.39, 0.29) is 36.2 Å². The van der Waals surface area contributed by atoms with Crippen LogP contribution in [-0.2, 0) is 47.6 Å². The average Bonchev–Trinajstić information content (AvgIpc) is 3.18. The van der Waals surface area contributed by atoms with Gasteiger partial charge < -0.3 is 23.7 Å². The minimum Gasteiger partial charge on any atom is -0.461 e. The smallest absolute Gasteiger partial charge is 0.341 e. The first-order valence-electron chi connectivity index (χ1n) is 13.1. The summed E-state index contributed by atoms with van der Waals surface area (Å²) in [6.07, 6.45) is -0.529. The third-order valence-corrected chi connectivity index (χ3v) is 9.44. The highest BCUT2D eigenvalue weighted by atomic mass is 16.8. The Hall–Kier alpha value is -2.46. The molecule has 0 aromatic carbocycles. The Kier molecular flexibility index (Phi) is 6.03. The number of fused-ring (bicyclic) bond motifs is 1. The summed E-state index contributed by atoms with van der Waals surface area (Å²) in [5.41, 5.74) is -1.70. The number of rotatable bonds is 6. The highest BCUT2D eigenvalue weighted by Gasteiger charge is 2.79. The van der Waals surface area contributed by atoms with Crippen molar-refractivity contribution in [3.05, 3.63) is 11.6 Å². The molecule has 0 aromatic rings. The van der Waals surface area contributed by atoms with Crippen LogP contribution in [0.5, 0.6) is 0 Å². The molecule has 0 radical (unpaired) electrons. The zero-order valence-corrected chi connectivity index (χ0v) is 22.4. The molecular weight excluding hydrogens is 484 g/mol. The van der Waals surface area contributed by atoms with Gasteiger partial charge in [0.25, 0.3) is 0 Å². The first-order valence-corrected chi connectivity index (χ1v) is 13.1. The Morgan fingerprint density at radius 2 is 1.65 bits per heavy atom. The van der Waals surface area contributed by atoms with Gasteiger partial charge in [-0.25, -0.2) is 4.79 Å². The molecule has 5 aliphatic rings. The van der Waals surface area contributed by atoms with Crippen LogP contribution in [0, 0.1) is 28.6 Å². The van der Waals surface area contributed by atoms with Gasteiger partial charge in [-0.1, -0.05) is 20.8 Å². The summed E-state index contributed by atoms with van der Waals surface area (Å²) >= 11 is 0. The summed E-state index contributed by atoms with van der Waals surface area (Å²) < 4.78 is 35.1. The second kappa shape index (κ2) is 8.53. The Bertz CT molecular complexity index is 1060. The molecule has 2 heterocycles. The van der Waals surface area contributed by atoms with Crippen LogP contribution >= 0.6 is 0 Å². The van der Waals surface area contributed by atoms with Crippen LogP contribution in [0.1, 0.15) is 67.7 Å². The van der Waals surface area contributed by atoms with Crippen molar-refractivity contribution >= 4 is 23.9 Å². The fourth-order valence-corrected chi connectivity index (χ4v) is 7.74. The van der Waals surface area contributed by atoms with Gasteiger partial charge >= 0.3 is 23.9 Å². The van der Waals surface area contributed by atoms with Crippen molar-refractivity contribution < 1.29 is 47.6 Å². The van der Waals surface area contributed by atoms with Gasteiger partial charge in [-0.2, -0.15) is 0 Å². The van der Waals surface area contributed by atoms with Crippen molar-refractivity contribution in [3.8, 4) is 0 Å². The molecule has 2 aliphatic heterocycles. The highest BCUT2D eigenvalue weighted by Crippen LogP contribution is 2.75. The van der Waals surface area contributed by atoms with Gasteiger partial charge in [0.05, 0.1) is 6.10 Å². The summed E-state index contributed by atoms with van der Waals surface area (Å²) in [6.45, 7) is 12.0. The molecule has 0 amide bonds. The Morgan fingerprint density at radius 1 is 1.00 bits per heavy atom. The van der Waals surface area contributed by atoms with E-state index < -0.39 is 59.1 Å².